The van der Waals surface area contributed by atoms with Crippen molar-refractivity contribution in [2.45, 2.75) is 24.3 Å². The van der Waals surface area contributed by atoms with Gasteiger partial charge in [-0.2, -0.15) is 16.1 Å². The third kappa shape index (κ3) is 3.00. The Morgan fingerprint density at radius 3 is 2.75 bits per heavy atom. The van der Waals surface area contributed by atoms with Crippen LogP contribution in [0.2, 0.25) is 0 Å². The summed E-state index contributed by atoms with van der Waals surface area (Å²) in [5.41, 5.74) is 6.89. The molecule has 0 radical (unpaired) electrons. The minimum absolute atomic E-state index is 0.0675. The first-order chi connectivity index (χ1) is 9.34. The Morgan fingerprint density at radius 1 is 1.50 bits per heavy atom. The van der Waals surface area contributed by atoms with E-state index in [2.05, 4.69) is 0 Å². The van der Waals surface area contributed by atoms with E-state index in [9.17, 15) is 8.42 Å². The van der Waals surface area contributed by atoms with E-state index in [-0.39, 0.29) is 11.0 Å². The molecule has 1 aliphatic rings. The quantitative estimate of drug-likeness (QED) is 0.852. The summed E-state index contributed by atoms with van der Waals surface area (Å²) in [4.78, 5) is 0.503. The Bertz CT molecular complexity index is 623. The number of thioether (sulfide) groups is 1. The molecule has 4 nitrogen and oxygen atoms in total. The SMILES string of the molecule is Cc1ccc(C(N)=S)cc1S(=O)(=O)N(C)C1CCSC1. The fourth-order valence-electron chi connectivity index (χ4n) is 2.19. The lowest BCUT2D eigenvalue weighted by Gasteiger charge is -2.24. The number of thiocarbonyl (C=S) groups is 1. The van der Waals surface area contributed by atoms with Crippen LogP contribution in [-0.2, 0) is 10.0 Å². The van der Waals surface area contributed by atoms with Crippen LogP contribution >= 0.6 is 24.0 Å². The van der Waals surface area contributed by atoms with Gasteiger partial charge in [0.25, 0.3) is 0 Å². The van der Waals surface area contributed by atoms with Crippen LogP contribution in [0.25, 0.3) is 0 Å². The summed E-state index contributed by atoms with van der Waals surface area (Å²) in [5, 5.41) is 0. The molecule has 2 N–H and O–H groups in total. The minimum Gasteiger partial charge on any atom is -0.389 e. The average Bonchev–Trinajstić information content (AvgIpc) is 2.91. The number of rotatable bonds is 4. The van der Waals surface area contributed by atoms with Gasteiger partial charge < -0.3 is 5.73 Å². The summed E-state index contributed by atoms with van der Waals surface area (Å²) in [6.07, 6.45) is 0.897. The lowest BCUT2D eigenvalue weighted by molar-refractivity contribution is 0.394. The van der Waals surface area contributed by atoms with Crippen LogP contribution in [0, 0.1) is 6.92 Å². The fraction of sp³-hybridized carbons (Fsp3) is 0.462. The van der Waals surface area contributed by atoms with Gasteiger partial charge in [0.15, 0.2) is 0 Å². The molecule has 1 aromatic rings. The van der Waals surface area contributed by atoms with Gasteiger partial charge in [-0.15, -0.1) is 0 Å². The van der Waals surface area contributed by atoms with Gasteiger partial charge in [0.05, 0.1) is 4.90 Å². The lowest BCUT2D eigenvalue weighted by atomic mass is 10.1. The molecular weight excluding hydrogens is 312 g/mol. The summed E-state index contributed by atoms with van der Waals surface area (Å²) < 4.78 is 27.0. The molecule has 20 heavy (non-hydrogen) atoms. The number of hydrogen-bond acceptors (Lipinski definition) is 4. The molecule has 2 rings (SSSR count). The first-order valence-electron chi connectivity index (χ1n) is 6.30. The van der Waals surface area contributed by atoms with E-state index >= 15 is 0 Å². The highest BCUT2D eigenvalue weighted by Gasteiger charge is 2.31. The van der Waals surface area contributed by atoms with Crippen molar-refractivity contribution in [2.24, 2.45) is 5.73 Å². The average molecular weight is 331 g/mol. The molecule has 1 aromatic carbocycles. The predicted octanol–water partition coefficient (Wildman–Crippen LogP) is 1.76. The van der Waals surface area contributed by atoms with Crippen LogP contribution in [0.3, 0.4) is 0 Å². The second-order valence-corrected chi connectivity index (χ2v) is 8.44. The van der Waals surface area contributed by atoms with Gasteiger partial charge in [-0.05, 0) is 30.7 Å². The Morgan fingerprint density at radius 2 is 2.20 bits per heavy atom. The minimum atomic E-state index is -3.50. The highest BCUT2D eigenvalue weighted by molar-refractivity contribution is 7.99. The highest BCUT2D eigenvalue weighted by Crippen LogP contribution is 2.28. The Labute approximate surface area is 129 Å². The zero-order valence-corrected chi connectivity index (χ0v) is 13.9. The maximum absolute atomic E-state index is 12.7. The summed E-state index contributed by atoms with van der Waals surface area (Å²) >= 11 is 6.71. The lowest BCUT2D eigenvalue weighted by Crippen LogP contribution is -2.37. The van der Waals surface area contributed by atoms with Crippen molar-refractivity contribution in [1.82, 2.24) is 4.31 Å². The molecule has 1 heterocycles. The summed E-state index contributed by atoms with van der Waals surface area (Å²) in [7, 11) is -1.85. The van der Waals surface area contributed by atoms with Gasteiger partial charge in [-0.25, -0.2) is 8.42 Å². The Balaban J connectivity index is 2.42. The molecule has 0 aromatic heterocycles. The second-order valence-electron chi connectivity index (χ2n) is 4.88. The van der Waals surface area contributed by atoms with E-state index in [0.717, 1.165) is 17.9 Å². The normalized spacial score (nSPS) is 19.4. The highest BCUT2D eigenvalue weighted by atomic mass is 32.2. The van der Waals surface area contributed by atoms with E-state index in [1.54, 1.807) is 43.9 Å². The van der Waals surface area contributed by atoms with Gasteiger partial charge in [0, 0.05) is 24.4 Å². The van der Waals surface area contributed by atoms with Gasteiger partial charge >= 0.3 is 0 Å². The van der Waals surface area contributed by atoms with Crippen LogP contribution in [-0.4, -0.2) is 42.3 Å². The van der Waals surface area contributed by atoms with Gasteiger partial charge in [0.1, 0.15) is 4.99 Å². The van der Waals surface area contributed by atoms with Crippen LogP contribution in [0.15, 0.2) is 23.1 Å². The molecule has 0 bridgehead atoms. The second kappa shape index (κ2) is 6.01. The van der Waals surface area contributed by atoms with Crippen LogP contribution in [0.4, 0.5) is 0 Å². The van der Waals surface area contributed by atoms with Gasteiger partial charge in [0.2, 0.25) is 10.0 Å². The van der Waals surface area contributed by atoms with E-state index in [1.165, 1.54) is 4.31 Å². The number of nitrogens with two attached hydrogens (primary N) is 1. The van der Waals surface area contributed by atoms with Gasteiger partial charge in [-0.1, -0.05) is 24.4 Å². The molecular formula is C13H18N2O2S3. The van der Waals surface area contributed by atoms with E-state index in [1.807, 2.05) is 0 Å². The third-order valence-corrected chi connectivity index (χ3v) is 6.98. The summed E-state index contributed by atoms with van der Waals surface area (Å²) in [6, 6.07) is 5.14. The van der Waals surface area contributed by atoms with Gasteiger partial charge in [-0.3, -0.25) is 0 Å². The standard InChI is InChI=1S/C13H18N2O2S3/c1-9-3-4-10(13(14)18)7-12(9)20(16,17)15(2)11-5-6-19-8-11/h3-4,7,11H,5-6,8H2,1-2H3,(H2,14,18). The van der Waals surface area contributed by atoms with Crippen molar-refractivity contribution in [3.8, 4) is 0 Å². The maximum atomic E-state index is 12.7. The zero-order chi connectivity index (χ0) is 14.9. The van der Waals surface area contributed by atoms with Crippen molar-refractivity contribution in [2.75, 3.05) is 18.6 Å². The molecule has 0 saturated carbocycles. The molecule has 7 heteroatoms. The van der Waals surface area contributed by atoms with Crippen molar-refractivity contribution in [3.63, 3.8) is 0 Å². The monoisotopic (exact) mass is 330 g/mol. The molecule has 0 spiro atoms. The number of aryl methyl sites for hydroxylation is 1. The third-order valence-electron chi connectivity index (χ3n) is 3.55. The summed E-state index contributed by atoms with van der Waals surface area (Å²) in [6.45, 7) is 1.79. The van der Waals surface area contributed by atoms with E-state index in [4.69, 9.17) is 18.0 Å². The predicted molar refractivity (Wildman–Crippen MR) is 87.7 cm³/mol. The topological polar surface area (TPSA) is 63.4 Å². The molecule has 0 aliphatic carbocycles. The molecule has 1 fully saturated rings. The molecule has 1 aliphatic heterocycles. The van der Waals surface area contributed by atoms with Crippen molar-refractivity contribution in [1.29, 1.82) is 0 Å². The van der Waals surface area contributed by atoms with Crippen LogP contribution in [0.5, 0.6) is 0 Å². The van der Waals surface area contributed by atoms with Crippen LogP contribution < -0.4 is 5.73 Å². The van der Waals surface area contributed by atoms with Crippen LogP contribution in [0.1, 0.15) is 17.5 Å². The number of benzene rings is 1. The Hall–Kier alpha value is -0.630. The van der Waals surface area contributed by atoms with Crippen molar-refractivity contribution < 1.29 is 8.42 Å². The van der Waals surface area contributed by atoms with Crippen molar-refractivity contribution in [3.05, 3.63) is 29.3 Å². The number of sulfonamides is 1. The maximum Gasteiger partial charge on any atom is 0.243 e. The molecule has 1 saturated heterocycles. The fourth-order valence-corrected chi connectivity index (χ4v) is 5.31. The largest absolute Gasteiger partial charge is 0.389 e. The summed E-state index contributed by atoms with van der Waals surface area (Å²) in [5.74, 6) is 1.86. The molecule has 1 unspecified atom stereocenters. The number of nitrogens with zero attached hydrogens (tertiary/aromatic N) is 1. The molecule has 1 atom stereocenters. The first-order valence-corrected chi connectivity index (χ1v) is 9.30. The molecule has 0 amide bonds. The zero-order valence-electron chi connectivity index (χ0n) is 11.5. The first kappa shape index (κ1) is 15.8. The molecule has 110 valence electrons. The number of hydrogen-bond donors (Lipinski definition) is 1. The Kier molecular flexibility index (Phi) is 4.73. The van der Waals surface area contributed by atoms with E-state index < -0.39 is 10.0 Å². The smallest absolute Gasteiger partial charge is 0.243 e. The van der Waals surface area contributed by atoms with E-state index in [0.29, 0.717) is 16.0 Å². The van der Waals surface area contributed by atoms with Crippen molar-refractivity contribution >= 4 is 39.0 Å².